The summed E-state index contributed by atoms with van der Waals surface area (Å²) < 4.78 is 6.41. The Morgan fingerprint density at radius 2 is 2.25 bits per heavy atom. The lowest BCUT2D eigenvalue weighted by atomic mass is 10.4. The van der Waals surface area contributed by atoms with Crippen molar-refractivity contribution in [3.8, 4) is 0 Å². The minimum absolute atomic E-state index is 0.0280. The largest absolute Gasteiger partial charge is 0.476 e. The molecule has 0 aromatic carbocycles. The van der Waals surface area contributed by atoms with Crippen LogP contribution in [0.15, 0.2) is 29.3 Å². The second-order valence-corrected chi connectivity index (χ2v) is 3.89. The van der Waals surface area contributed by atoms with Crippen molar-refractivity contribution in [2.75, 3.05) is 6.54 Å². The van der Waals surface area contributed by atoms with Gasteiger partial charge in [-0.3, -0.25) is 0 Å². The molecule has 9 nitrogen and oxygen atoms in total. The molecule has 0 radical (unpaired) electrons. The lowest BCUT2D eigenvalue weighted by Crippen LogP contribution is -2.36. The van der Waals surface area contributed by atoms with Gasteiger partial charge in [0.1, 0.15) is 0 Å². The molecule has 2 rings (SSSR count). The molecule has 0 saturated heterocycles. The molecule has 2 amide bonds. The van der Waals surface area contributed by atoms with Crippen LogP contribution in [0, 0.1) is 0 Å². The van der Waals surface area contributed by atoms with Crippen molar-refractivity contribution in [1.29, 1.82) is 0 Å². The average Bonchev–Trinajstić information content (AvgIpc) is 3.07. The topological polar surface area (TPSA) is 122 Å². The number of carboxylic acids is 1. The fourth-order valence-electron chi connectivity index (χ4n) is 1.45. The summed E-state index contributed by atoms with van der Waals surface area (Å²) in [5.41, 5.74) is -0.0280. The van der Waals surface area contributed by atoms with Crippen LogP contribution < -0.4 is 10.6 Å². The quantitative estimate of drug-likeness (QED) is 0.687. The summed E-state index contributed by atoms with van der Waals surface area (Å²) in [5, 5.41) is 17.4. The lowest BCUT2D eigenvalue weighted by Gasteiger charge is -2.06. The van der Waals surface area contributed by atoms with Crippen LogP contribution in [0.1, 0.15) is 16.2 Å². The molecule has 2 heterocycles. The van der Waals surface area contributed by atoms with Gasteiger partial charge in [-0.15, -0.1) is 0 Å². The molecule has 106 valence electrons. The Morgan fingerprint density at radius 3 is 2.90 bits per heavy atom. The van der Waals surface area contributed by atoms with E-state index in [-0.39, 0.29) is 18.3 Å². The first-order valence-electron chi connectivity index (χ1n) is 5.81. The van der Waals surface area contributed by atoms with Gasteiger partial charge < -0.3 is 24.8 Å². The Labute approximate surface area is 113 Å². The Hall–Kier alpha value is -2.84. The lowest BCUT2D eigenvalue weighted by molar-refractivity contribution is 0.0691. The van der Waals surface area contributed by atoms with Gasteiger partial charge in [0.15, 0.2) is 11.5 Å². The van der Waals surface area contributed by atoms with Crippen LogP contribution >= 0.6 is 0 Å². The number of imidazole rings is 1. The van der Waals surface area contributed by atoms with Crippen LogP contribution in [0.5, 0.6) is 0 Å². The second kappa shape index (κ2) is 6.36. The molecule has 0 unspecified atom stereocenters. The van der Waals surface area contributed by atoms with Crippen molar-refractivity contribution >= 4 is 12.0 Å². The van der Waals surface area contributed by atoms with E-state index in [2.05, 4.69) is 20.8 Å². The number of nitrogens with one attached hydrogen (secondary N) is 2. The summed E-state index contributed by atoms with van der Waals surface area (Å²) in [4.78, 5) is 25.8. The first-order chi connectivity index (χ1) is 9.65. The van der Waals surface area contributed by atoms with E-state index in [4.69, 9.17) is 9.63 Å². The number of hydrogen-bond acceptors (Lipinski definition) is 5. The Kier molecular flexibility index (Phi) is 4.32. The minimum Gasteiger partial charge on any atom is -0.476 e. The van der Waals surface area contributed by atoms with E-state index >= 15 is 0 Å². The van der Waals surface area contributed by atoms with E-state index < -0.39 is 5.97 Å². The summed E-state index contributed by atoms with van der Waals surface area (Å²) >= 11 is 0. The number of hydrogen-bond donors (Lipinski definition) is 3. The molecule has 0 atom stereocenters. The Morgan fingerprint density at radius 1 is 1.40 bits per heavy atom. The number of rotatable bonds is 6. The van der Waals surface area contributed by atoms with E-state index in [0.717, 1.165) is 0 Å². The standard InChI is InChI=1S/C11H13N5O4/c17-10(18)9-6-16(7-14-9)4-3-12-11(19)13-5-8-1-2-15-20-8/h1-2,6-7H,3-5H2,(H,17,18)(H2,12,13,19). The highest BCUT2D eigenvalue weighted by Gasteiger charge is 2.06. The van der Waals surface area contributed by atoms with Crippen LogP contribution in [0.2, 0.25) is 0 Å². The third-order valence-corrected chi connectivity index (χ3v) is 2.42. The van der Waals surface area contributed by atoms with Crippen LogP contribution in [0.4, 0.5) is 4.79 Å². The summed E-state index contributed by atoms with van der Waals surface area (Å²) in [6.07, 6.45) is 4.29. The van der Waals surface area contributed by atoms with Gasteiger partial charge in [0.05, 0.1) is 19.1 Å². The van der Waals surface area contributed by atoms with E-state index in [1.54, 1.807) is 10.6 Å². The molecule has 0 aliphatic heterocycles. The Bertz CT molecular complexity index is 577. The summed E-state index contributed by atoms with van der Waals surface area (Å²) in [6.45, 7) is 1.02. The molecular weight excluding hydrogens is 266 g/mol. The molecule has 20 heavy (non-hydrogen) atoms. The van der Waals surface area contributed by atoms with Crippen LogP contribution in [-0.4, -0.2) is 38.4 Å². The van der Waals surface area contributed by atoms with E-state index in [1.807, 2.05) is 0 Å². The zero-order chi connectivity index (χ0) is 14.4. The monoisotopic (exact) mass is 279 g/mol. The Balaban J connectivity index is 1.67. The maximum absolute atomic E-state index is 11.4. The average molecular weight is 279 g/mol. The maximum Gasteiger partial charge on any atom is 0.356 e. The van der Waals surface area contributed by atoms with Crippen molar-refractivity contribution in [2.24, 2.45) is 0 Å². The highest BCUT2D eigenvalue weighted by atomic mass is 16.5. The summed E-state index contributed by atoms with van der Waals surface area (Å²) in [7, 11) is 0. The van der Waals surface area contributed by atoms with Gasteiger partial charge in [-0.05, 0) is 0 Å². The van der Waals surface area contributed by atoms with Gasteiger partial charge in [-0.1, -0.05) is 5.16 Å². The van der Waals surface area contributed by atoms with Crippen molar-refractivity contribution in [3.05, 3.63) is 36.2 Å². The predicted octanol–water partition coefficient (Wildman–Crippen LogP) is 0.0687. The van der Waals surface area contributed by atoms with Gasteiger partial charge in [-0.2, -0.15) is 0 Å². The fourth-order valence-corrected chi connectivity index (χ4v) is 1.45. The normalized spacial score (nSPS) is 10.2. The maximum atomic E-state index is 11.4. The predicted molar refractivity (Wildman–Crippen MR) is 65.9 cm³/mol. The molecule has 0 spiro atoms. The van der Waals surface area contributed by atoms with Crippen molar-refractivity contribution in [2.45, 2.75) is 13.1 Å². The van der Waals surface area contributed by atoms with Gasteiger partial charge in [0.2, 0.25) is 0 Å². The number of carbonyl (C=O) groups excluding carboxylic acids is 1. The highest BCUT2D eigenvalue weighted by Crippen LogP contribution is 1.96. The molecule has 9 heteroatoms. The number of carbonyl (C=O) groups is 2. The van der Waals surface area contributed by atoms with Crippen molar-refractivity contribution < 1.29 is 19.2 Å². The number of nitrogens with zero attached hydrogens (tertiary/aromatic N) is 3. The third-order valence-electron chi connectivity index (χ3n) is 2.42. The summed E-state index contributed by atoms with van der Waals surface area (Å²) in [6, 6.07) is 1.30. The first kappa shape index (κ1) is 13.6. The third kappa shape index (κ3) is 3.83. The smallest absolute Gasteiger partial charge is 0.356 e. The first-order valence-corrected chi connectivity index (χ1v) is 5.81. The number of aromatic nitrogens is 3. The fraction of sp³-hybridized carbons (Fsp3) is 0.273. The van der Waals surface area contributed by atoms with E-state index in [9.17, 15) is 9.59 Å². The SMILES string of the molecule is O=C(NCCn1cnc(C(=O)O)c1)NCc1ccno1. The van der Waals surface area contributed by atoms with Gasteiger partial charge in [0.25, 0.3) is 0 Å². The number of carboxylic acid groups (broad SMARTS) is 1. The van der Waals surface area contributed by atoms with Gasteiger partial charge in [-0.25, -0.2) is 14.6 Å². The van der Waals surface area contributed by atoms with Gasteiger partial charge in [0, 0.05) is 25.4 Å². The molecule has 0 saturated carbocycles. The molecule has 2 aromatic rings. The van der Waals surface area contributed by atoms with Crippen LogP contribution in [-0.2, 0) is 13.1 Å². The van der Waals surface area contributed by atoms with Crippen LogP contribution in [0.25, 0.3) is 0 Å². The molecule has 2 aromatic heterocycles. The number of amides is 2. The molecule has 0 aliphatic rings. The molecule has 3 N–H and O–H groups in total. The van der Waals surface area contributed by atoms with Gasteiger partial charge >= 0.3 is 12.0 Å². The van der Waals surface area contributed by atoms with Crippen molar-refractivity contribution in [1.82, 2.24) is 25.3 Å². The highest BCUT2D eigenvalue weighted by molar-refractivity contribution is 5.84. The molecule has 0 aliphatic carbocycles. The number of aromatic carboxylic acids is 1. The summed E-state index contributed by atoms with van der Waals surface area (Å²) in [5.74, 6) is -0.526. The van der Waals surface area contributed by atoms with E-state index in [0.29, 0.717) is 18.8 Å². The van der Waals surface area contributed by atoms with E-state index in [1.165, 1.54) is 18.7 Å². The minimum atomic E-state index is -1.08. The van der Waals surface area contributed by atoms with Crippen LogP contribution in [0.3, 0.4) is 0 Å². The number of urea groups is 1. The van der Waals surface area contributed by atoms with Crippen molar-refractivity contribution in [3.63, 3.8) is 0 Å². The molecule has 0 bridgehead atoms. The second-order valence-electron chi connectivity index (χ2n) is 3.89. The molecular formula is C11H13N5O4. The molecule has 0 fully saturated rings. The zero-order valence-electron chi connectivity index (χ0n) is 10.4. The zero-order valence-corrected chi connectivity index (χ0v) is 10.4.